The van der Waals surface area contributed by atoms with Crippen LogP contribution in [-0.4, -0.2) is 18.5 Å². The van der Waals surface area contributed by atoms with E-state index in [1.165, 1.54) is 51.1 Å². The van der Waals surface area contributed by atoms with Crippen molar-refractivity contribution in [2.24, 2.45) is 0 Å². The Morgan fingerprint density at radius 2 is 1.50 bits per heavy atom. The molecular weight excluding hydrogens is 187 g/mol. The van der Waals surface area contributed by atoms with Gasteiger partial charge < -0.3 is 0 Å². The van der Waals surface area contributed by atoms with Gasteiger partial charge in [-0.25, -0.2) is 0 Å². The highest BCUT2D eigenvalue weighted by Gasteiger charge is 2.18. The van der Waals surface area contributed by atoms with Crippen LogP contribution in [0.4, 0.5) is 0 Å². The van der Waals surface area contributed by atoms with E-state index in [0.29, 0.717) is 7.92 Å². The molecule has 0 bridgehead atoms. The van der Waals surface area contributed by atoms with Gasteiger partial charge in [-0.1, -0.05) is 52.9 Å². The molecule has 1 saturated carbocycles. The molecule has 0 aromatic carbocycles. The van der Waals surface area contributed by atoms with Crippen molar-refractivity contribution >= 4 is 7.92 Å². The average molecular weight is 216 g/mol. The maximum Gasteiger partial charge on any atom is -0.0212 e. The molecule has 1 unspecified atom stereocenters. The largest absolute Gasteiger partial charge is 0.107 e. The Labute approximate surface area is 92.6 Å². The van der Waals surface area contributed by atoms with Crippen molar-refractivity contribution in [3.63, 3.8) is 0 Å². The quantitative estimate of drug-likeness (QED) is 0.562. The zero-order chi connectivity index (χ0) is 10.8. The van der Waals surface area contributed by atoms with Crippen LogP contribution in [0.3, 0.4) is 0 Å². The maximum atomic E-state index is 2.46. The van der Waals surface area contributed by atoms with Crippen LogP contribution in [-0.2, 0) is 0 Å². The van der Waals surface area contributed by atoms with Gasteiger partial charge >= 0.3 is 0 Å². The van der Waals surface area contributed by atoms with Crippen LogP contribution in [0.2, 0.25) is 0 Å². The Hall–Kier alpha value is 0.430. The summed E-state index contributed by atoms with van der Waals surface area (Å²) in [5, 5.41) is 0. The molecule has 0 N–H and O–H groups in total. The van der Waals surface area contributed by atoms with Gasteiger partial charge in [0.05, 0.1) is 0 Å². The zero-order valence-corrected chi connectivity index (χ0v) is 11.6. The van der Waals surface area contributed by atoms with Crippen molar-refractivity contribution < 1.29 is 0 Å². The van der Waals surface area contributed by atoms with Gasteiger partial charge in [0.15, 0.2) is 0 Å². The summed E-state index contributed by atoms with van der Waals surface area (Å²) in [7, 11) is 0.421. The monoisotopic (exact) mass is 216 g/mol. The predicted octanol–water partition coefficient (Wildman–Crippen LogP) is 5.26. The smallest absolute Gasteiger partial charge is 0.0212 e. The normalized spacial score (nSPS) is 18.9. The van der Waals surface area contributed by atoms with Crippen molar-refractivity contribution in [3.8, 4) is 0 Å². The lowest BCUT2D eigenvalue weighted by atomic mass is 10.3. The first-order valence-electron chi connectivity index (χ1n) is 6.46. The molecule has 0 saturated heterocycles. The van der Waals surface area contributed by atoms with Gasteiger partial charge in [-0.2, -0.15) is 0 Å². The van der Waals surface area contributed by atoms with E-state index in [0.717, 1.165) is 5.66 Å². The lowest BCUT2D eigenvalue weighted by molar-refractivity contribution is 0.772. The van der Waals surface area contributed by atoms with Crippen LogP contribution >= 0.6 is 7.92 Å². The third kappa shape index (κ3) is 6.82. The van der Waals surface area contributed by atoms with Crippen LogP contribution in [0.1, 0.15) is 65.7 Å². The van der Waals surface area contributed by atoms with Crippen molar-refractivity contribution in [3.05, 3.63) is 0 Å². The molecule has 0 amide bonds. The highest BCUT2D eigenvalue weighted by Crippen LogP contribution is 2.45. The van der Waals surface area contributed by atoms with E-state index >= 15 is 0 Å². The van der Waals surface area contributed by atoms with E-state index in [2.05, 4.69) is 27.4 Å². The molecule has 0 aromatic rings. The number of rotatable bonds is 4. The molecule has 14 heavy (non-hydrogen) atoms. The fourth-order valence-corrected chi connectivity index (χ4v) is 3.72. The Bertz CT molecular complexity index is 104. The highest BCUT2D eigenvalue weighted by molar-refractivity contribution is 7.57. The minimum atomic E-state index is 0.421. The van der Waals surface area contributed by atoms with E-state index in [-0.39, 0.29) is 0 Å². The first-order chi connectivity index (χ1) is 6.76. The first kappa shape index (κ1) is 14.4. The van der Waals surface area contributed by atoms with E-state index in [4.69, 9.17) is 0 Å². The van der Waals surface area contributed by atoms with Crippen molar-refractivity contribution in [2.75, 3.05) is 12.8 Å². The molecular formula is C13H29P. The average Bonchev–Trinajstić information content (AvgIpc) is 2.72. The van der Waals surface area contributed by atoms with E-state index in [1.54, 1.807) is 0 Å². The number of hydrogen-bond acceptors (Lipinski definition) is 0. The molecule has 1 rings (SSSR count). The SMILES string of the molecule is CCCCC.CCP(C)C1CCCC1. The molecule has 1 aliphatic carbocycles. The molecule has 0 heterocycles. The Kier molecular flexibility index (Phi) is 10.3. The van der Waals surface area contributed by atoms with Gasteiger partial charge in [0.25, 0.3) is 0 Å². The van der Waals surface area contributed by atoms with Crippen LogP contribution in [0, 0.1) is 0 Å². The molecule has 0 aromatic heterocycles. The second kappa shape index (κ2) is 9.97. The maximum absolute atomic E-state index is 2.46. The van der Waals surface area contributed by atoms with Gasteiger partial charge in [0, 0.05) is 0 Å². The molecule has 1 heteroatoms. The lowest BCUT2D eigenvalue weighted by Gasteiger charge is -2.16. The molecule has 1 atom stereocenters. The van der Waals surface area contributed by atoms with Crippen molar-refractivity contribution in [1.82, 2.24) is 0 Å². The first-order valence-corrected chi connectivity index (χ1v) is 8.50. The van der Waals surface area contributed by atoms with Crippen molar-refractivity contribution in [1.29, 1.82) is 0 Å². The fourth-order valence-electron chi connectivity index (χ4n) is 1.96. The third-order valence-electron chi connectivity index (χ3n) is 3.15. The summed E-state index contributed by atoms with van der Waals surface area (Å²) in [4.78, 5) is 0. The van der Waals surface area contributed by atoms with Crippen LogP contribution in [0.5, 0.6) is 0 Å². The Morgan fingerprint density at radius 1 is 1.00 bits per heavy atom. The zero-order valence-electron chi connectivity index (χ0n) is 10.7. The molecule has 0 nitrogen and oxygen atoms in total. The third-order valence-corrected chi connectivity index (χ3v) is 5.91. The predicted molar refractivity (Wildman–Crippen MR) is 70.8 cm³/mol. The van der Waals surface area contributed by atoms with Gasteiger partial charge in [-0.05, 0) is 31.3 Å². The summed E-state index contributed by atoms with van der Waals surface area (Å²) in [5.74, 6) is 0. The van der Waals surface area contributed by atoms with Gasteiger partial charge in [-0.15, -0.1) is 7.92 Å². The minimum Gasteiger partial charge on any atom is -0.107 e. The molecule has 86 valence electrons. The van der Waals surface area contributed by atoms with E-state index in [1.807, 2.05) is 0 Å². The summed E-state index contributed by atoms with van der Waals surface area (Å²) in [5.41, 5.74) is 1.14. The summed E-state index contributed by atoms with van der Waals surface area (Å²) in [6.07, 6.45) is 11.6. The minimum absolute atomic E-state index is 0.421. The van der Waals surface area contributed by atoms with Crippen LogP contribution in [0.15, 0.2) is 0 Å². The standard InChI is InChI=1S/C8H17P.C5H12/c1-3-9(2)8-6-4-5-7-8;1-3-5-4-2/h8H,3-7H2,1-2H3;3-5H2,1-2H3. The topological polar surface area (TPSA) is 0 Å². The van der Waals surface area contributed by atoms with E-state index < -0.39 is 0 Å². The highest BCUT2D eigenvalue weighted by atomic mass is 31.1. The van der Waals surface area contributed by atoms with Gasteiger partial charge in [-0.3, -0.25) is 0 Å². The molecule has 0 spiro atoms. The van der Waals surface area contributed by atoms with Gasteiger partial charge in [0.2, 0.25) is 0 Å². The summed E-state index contributed by atoms with van der Waals surface area (Å²) < 4.78 is 0. The lowest BCUT2D eigenvalue weighted by Crippen LogP contribution is -1.98. The number of unbranched alkanes of at least 4 members (excludes halogenated alkanes) is 2. The van der Waals surface area contributed by atoms with Gasteiger partial charge in [0.1, 0.15) is 0 Å². The second-order valence-electron chi connectivity index (χ2n) is 4.37. The molecule has 1 fully saturated rings. The Morgan fingerprint density at radius 3 is 1.79 bits per heavy atom. The second-order valence-corrected chi connectivity index (χ2v) is 7.24. The molecule has 0 radical (unpaired) electrons. The molecule has 0 aliphatic heterocycles. The summed E-state index contributed by atoms with van der Waals surface area (Å²) in [6, 6.07) is 0. The summed E-state index contributed by atoms with van der Waals surface area (Å²) >= 11 is 0. The molecule has 1 aliphatic rings. The van der Waals surface area contributed by atoms with Crippen LogP contribution < -0.4 is 0 Å². The Balaban J connectivity index is 0.000000292. The van der Waals surface area contributed by atoms with Crippen LogP contribution in [0.25, 0.3) is 0 Å². The number of hydrogen-bond donors (Lipinski definition) is 0. The van der Waals surface area contributed by atoms with Crippen molar-refractivity contribution in [2.45, 2.75) is 71.4 Å². The summed E-state index contributed by atoms with van der Waals surface area (Å²) in [6.45, 7) is 9.22. The fraction of sp³-hybridized carbons (Fsp3) is 1.00. The van der Waals surface area contributed by atoms with E-state index in [9.17, 15) is 0 Å².